The van der Waals surface area contributed by atoms with E-state index >= 15 is 0 Å². The molecular weight excluding hydrogens is 190 g/mol. The summed E-state index contributed by atoms with van der Waals surface area (Å²) in [7, 11) is 0. The van der Waals surface area contributed by atoms with Gasteiger partial charge < -0.3 is 0 Å². The van der Waals surface area contributed by atoms with E-state index in [4.69, 9.17) is 0 Å². The Kier molecular flexibility index (Phi) is 6.31. The van der Waals surface area contributed by atoms with E-state index in [1.807, 2.05) is 0 Å². The molecule has 0 aromatic carbocycles. The van der Waals surface area contributed by atoms with Crippen LogP contribution in [0.25, 0.3) is 0 Å². The second kappa shape index (κ2) is 3.59. The third-order valence-corrected chi connectivity index (χ3v) is 0. The molecule has 0 radical (unpaired) electrons. The van der Waals surface area contributed by atoms with Crippen LogP contribution in [0.15, 0.2) is 0 Å². The molecule has 0 nitrogen and oxygen atoms in total. The Morgan fingerprint density at radius 2 is 0.833 bits per heavy atom. The molecule has 0 saturated carbocycles. The minimum Gasteiger partial charge on any atom is 1.00 e. The van der Waals surface area contributed by atoms with Crippen molar-refractivity contribution in [2.24, 2.45) is 0 Å². The molecule has 6 heteroatoms. The number of hydrogen-bond donors (Lipinski definition) is 0. The van der Waals surface area contributed by atoms with Crippen LogP contribution in [0.5, 0.6) is 0 Å². The van der Waals surface area contributed by atoms with E-state index < -0.39 is 22.7 Å². The maximum absolute atomic E-state index is 9.90. The zero-order valence-electron chi connectivity index (χ0n) is 3.01. The first-order valence-corrected chi connectivity index (χ1v) is 4.47. The first kappa shape index (κ1) is 10.6. The van der Waals surface area contributed by atoms with Crippen LogP contribution in [0.4, 0.5) is 10.5 Å². The molecule has 6 heavy (non-hydrogen) atoms. The van der Waals surface area contributed by atoms with Crippen LogP contribution in [0.3, 0.4) is 0 Å². The Morgan fingerprint density at radius 1 is 0.833 bits per heavy atom. The van der Waals surface area contributed by atoms with Crippen molar-refractivity contribution in [1.82, 2.24) is 0 Å². The second-order valence-electron chi connectivity index (χ2n) is 0.429. The average molecular weight is 190 g/mol. The van der Waals surface area contributed by atoms with Crippen molar-refractivity contribution in [2.45, 2.75) is 0 Å². The van der Waals surface area contributed by atoms with E-state index in [1.165, 1.54) is 0 Å². The molecule has 0 bridgehead atoms. The Labute approximate surface area is 62.1 Å². The van der Waals surface area contributed by atoms with Crippen molar-refractivity contribution in [3.8, 4) is 0 Å². The standard InChI is InChI=1S/4FH.Na.Zr/h4*1H;;/q;;;;+1;+4/p-4. The van der Waals surface area contributed by atoms with Crippen molar-refractivity contribution in [3.63, 3.8) is 0 Å². The van der Waals surface area contributed by atoms with Gasteiger partial charge in [0, 0.05) is 0 Å². The molecule has 0 heterocycles. The minimum atomic E-state index is -7.18. The first-order chi connectivity index (χ1) is 2.00. The Balaban J connectivity index is 0. The molecule has 0 rings (SSSR count). The van der Waals surface area contributed by atoms with Gasteiger partial charge in [0.15, 0.2) is 0 Å². The number of halogens is 4. The van der Waals surface area contributed by atoms with E-state index in [0.29, 0.717) is 0 Å². The van der Waals surface area contributed by atoms with Crippen LogP contribution >= 0.6 is 0 Å². The fraction of sp³-hybridized carbons (Fsp3) is 0. The van der Waals surface area contributed by atoms with Gasteiger partial charge in [-0.15, -0.1) is 0 Å². The van der Waals surface area contributed by atoms with Crippen LogP contribution in [-0.4, -0.2) is 0 Å². The summed E-state index contributed by atoms with van der Waals surface area (Å²) in [5.41, 5.74) is 0. The normalized spacial score (nSPS) is 10.0. The van der Waals surface area contributed by atoms with Crippen LogP contribution in [-0.2, 0) is 22.7 Å². The molecule has 0 N–H and O–H groups in total. The van der Waals surface area contributed by atoms with Gasteiger partial charge in [0.25, 0.3) is 0 Å². The van der Waals surface area contributed by atoms with Crippen LogP contribution in [0.2, 0.25) is 0 Å². The summed E-state index contributed by atoms with van der Waals surface area (Å²) >= 11 is -7.18. The molecule has 0 aromatic heterocycles. The van der Waals surface area contributed by atoms with Gasteiger partial charge in [-0.1, -0.05) is 0 Å². The van der Waals surface area contributed by atoms with E-state index in [-0.39, 0.29) is 29.6 Å². The van der Waals surface area contributed by atoms with Crippen LogP contribution < -0.4 is 29.6 Å². The third kappa shape index (κ3) is 46.2. The minimum absolute atomic E-state index is 0. The summed E-state index contributed by atoms with van der Waals surface area (Å²) in [5.74, 6) is 0. The fourth-order valence-electron chi connectivity index (χ4n) is 0. The zero-order valence-corrected chi connectivity index (χ0v) is 7.47. The predicted octanol–water partition coefficient (Wildman–Crippen LogP) is -1.32. The Morgan fingerprint density at radius 3 is 0.833 bits per heavy atom. The fourth-order valence-corrected chi connectivity index (χ4v) is 0. The van der Waals surface area contributed by atoms with Gasteiger partial charge >= 0.3 is 62.8 Å². The summed E-state index contributed by atoms with van der Waals surface area (Å²) in [6.07, 6.45) is 0. The molecule has 0 atom stereocenters. The summed E-state index contributed by atoms with van der Waals surface area (Å²) in [5, 5.41) is 0. The van der Waals surface area contributed by atoms with Gasteiger partial charge in [0.1, 0.15) is 0 Å². The summed E-state index contributed by atoms with van der Waals surface area (Å²) < 4.78 is 39.6. The molecule has 0 unspecified atom stereocenters. The SMILES string of the molecule is [F][Zr]([F])([F])[F].[Na+]. The monoisotopic (exact) mass is 189 g/mol. The molecule has 0 saturated heterocycles. The quantitative estimate of drug-likeness (QED) is 0.328. The molecular formula is F4NaZr+. The second-order valence-corrected chi connectivity index (χ2v) is 2.54. The van der Waals surface area contributed by atoms with Crippen molar-refractivity contribution < 1.29 is 62.8 Å². The maximum Gasteiger partial charge on any atom is 1.00 e. The molecule has 0 aromatic rings. The van der Waals surface area contributed by atoms with Crippen LogP contribution in [0, 0.1) is 0 Å². The zero-order chi connectivity index (χ0) is 4.50. The predicted molar refractivity (Wildman–Crippen MR) is 4.43 cm³/mol. The van der Waals surface area contributed by atoms with E-state index in [9.17, 15) is 10.5 Å². The Bertz CT molecular complexity index is 23.0. The maximum atomic E-state index is 9.90. The number of rotatable bonds is 0. The van der Waals surface area contributed by atoms with Gasteiger partial charge in [-0.25, -0.2) is 0 Å². The topological polar surface area (TPSA) is 0 Å². The first-order valence-electron chi connectivity index (χ1n) is 0.756. The molecule has 0 fully saturated rings. The van der Waals surface area contributed by atoms with Gasteiger partial charge in [0.05, 0.1) is 0 Å². The van der Waals surface area contributed by atoms with Gasteiger partial charge in [0.2, 0.25) is 0 Å². The summed E-state index contributed by atoms with van der Waals surface area (Å²) in [6.45, 7) is 0. The molecule has 0 aliphatic heterocycles. The van der Waals surface area contributed by atoms with Gasteiger partial charge in [-0.05, 0) is 0 Å². The smallest absolute Gasteiger partial charge is 1.00 e. The summed E-state index contributed by atoms with van der Waals surface area (Å²) in [6, 6.07) is 0. The largest absolute Gasteiger partial charge is 1.00 e. The molecule has 0 spiro atoms. The van der Waals surface area contributed by atoms with Crippen molar-refractivity contribution in [3.05, 3.63) is 0 Å². The van der Waals surface area contributed by atoms with Crippen molar-refractivity contribution in [2.75, 3.05) is 0 Å². The number of hydrogen-bond acceptors (Lipinski definition) is 0. The molecule has 0 aliphatic carbocycles. The van der Waals surface area contributed by atoms with E-state index in [1.54, 1.807) is 0 Å². The van der Waals surface area contributed by atoms with Crippen LogP contribution in [0.1, 0.15) is 0 Å². The average Bonchev–Trinajstić information content (AvgIpc) is 0.722. The van der Waals surface area contributed by atoms with Crippen molar-refractivity contribution in [1.29, 1.82) is 0 Å². The summed E-state index contributed by atoms with van der Waals surface area (Å²) in [4.78, 5) is 0. The van der Waals surface area contributed by atoms with E-state index in [0.717, 1.165) is 0 Å². The van der Waals surface area contributed by atoms with Gasteiger partial charge in [-0.2, -0.15) is 0 Å². The molecule has 0 amide bonds. The van der Waals surface area contributed by atoms with E-state index in [2.05, 4.69) is 0 Å². The molecule has 0 aliphatic rings. The van der Waals surface area contributed by atoms with Crippen molar-refractivity contribution >= 4 is 0 Å². The third-order valence-electron chi connectivity index (χ3n) is 0. The Hall–Kier alpha value is 1.60. The molecule has 32 valence electrons. The van der Waals surface area contributed by atoms with Gasteiger partial charge in [-0.3, -0.25) is 0 Å².